The van der Waals surface area contributed by atoms with E-state index in [1.54, 1.807) is 0 Å². The number of carbonyl (C=O) groups is 1. The van der Waals surface area contributed by atoms with Crippen molar-refractivity contribution in [3.63, 3.8) is 0 Å². The summed E-state index contributed by atoms with van der Waals surface area (Å²) in [5, 5.41) is 8.97. The fourth-order valence-corrected chi connectivity index (χ4v) is 2.95. The van der Waals surface area contributed by atoms with Crippen molar-refractivity contribution in [2.45, 2.75) is 51.0 Å². The highest BCUT2D eigenvalue weighted by molar-refractivity contribution is 5.68. The number of hydrogen-bond donors (Lipinski definition) is 1. The predicted molar refractivity (Wildman–Crippen MR) is 58.8 cm³/mol. The molecule has 3 nitrogen and oxygen atoms in total. The highest BCUT2D eigenvalue weighted by atomic mass is 16.4. The molecule has 0 spiro atoms. The Balaban J connectivity index is 1.97. The van der Waals surface area contributed by atoms with Crippen LogP contribution in [0, 0.1) is 5.92 Å². The van der Waals surface area contributed by atoms with Crippen LogP contribution in [0.4, 0.5) is 0 Å². The molecule has 1 aliphatic heterocycles. The summed E-state index contributed by atoms with van der Waals surface area (Å²) in [4.78, 5) is 13.3. The van der Waals surface area contributed by atoms with E-state index in [9.17, 15) is 4.79 Å². The van der Waals surface area contributed by atoms with Crippen molar-refractivity contribution in [1.82, 2.24) is 4.90 Å². The molecule has 0 amide bonds. The molecule has 2 rings (SSSR count). The van der Waals surface area contributed by atoms with Crippen LogP contribution < -0.4 is 0 Å². The Labute approximate surface area is 91.5 Å². The van der Waals surface area contributed by atoms with E-state index in [4.69, 9.17) is 5.11 Å². The molecule has 3 heteroatoms. The zero-order valence-corrected chi connectivity index (χ0v) is 9.54. The molecular weight excluding hydrogens is 190 g/mol. The van der Waals surface area contributed by atoms with Crippen LogP contribution >= 0.6 is 0 Å². The standard InChI is InChI=1S/C12H21NO2/c1-10-3-7-13(8-4-10)12(5-2-6-12)9-11(14)15/h10H,2-9H2,1H3,(H,14,15). The third kappa shape index (κ3) is 2.17. The second-order valence-corrected chi connectivity index (χ2v) is 5.32. The molecule has 1 N–H and O–H groups in total. The first-order valence-electron chi connectivity index (χ1n) is 6.09. The van der Waals surface area contributed by atoms with Gasteiger partial charge in [-0.3, -0.25) is 9.69 Å². The second-order valence-electron chi connectivity index (χ2n) is 5.32. The molecule has 1 saturated carbocycles. The lowest BCUT2D eigenvalue weighted by molar-refractivity contribution is -0.143. The molecule has 15 heavy (non-hydrogen) atoms. The molecule has 2 aliphatic rings. The van der Waals surface area contributed by atoms with E-state index in [0.29, 0.717) is 6.42 Å². The number of carboxylic acids is 1. The van der Waals surface area contributed by atoms with Crippen LogP contribution in [0.3, 0.4) is 0 Å². The van der Waals surface area contributed by atoms with Gasteiger partial charge in [0.2, 0.25) is 0 Å². The number of nitrogens with zero attached hydrogens (tertiary/aromatic N) is 1. The Morgan fingerprint density at radius 1 is 1.40 bits per heavy atom. The summed E-state index contributed by atoms with van der Waals surface area (Å²) in [5.41, 5.74) is 0.0337. The van der Waals surface area contributed by atoms with Crippen molar-refractivity contribution in [3.8, 4) is 0 Å². The molecule has 0 radical (unpaired) electrons. The predicted octanol–water partition coefficient (Wildman–Crippen LogP) is 2.12. The molecule has 0 bridgehead atoms. The lowest BCUT2D eigenvalue weighted by Crippen LogP contribution is -2.57. The minimum atomic E-state index is -0.631. The summed E-state index contributed by atoms with van der Waals surface area (Å²) in [7, 11) is 0. The highest BCUT2D eigenvalue weighted by Gasteiger charge is 2.44. The van der Waals surface area contributed by atoms with Gasteiger partial charge in [-0.25, -0.2) is 0 Å². The first kappa shape index (κ1) is 10.9. The summed E-state index contributed by atoms with van der Waals surface area (Å²) in [6.45, 7) is 4.50. The number of carboxylic acid groups (broad SMARTS) is 1. The number of aliphatic carboxylic acids is 1. The van der Waals surface area contributed by atoms with Crippen LogP contribution in [0.15, 0.2) is 0 Å². The lowest BCUT2D eigenvalue weighted by Gasteiger charge is -2.51. The zero-order chi connectivity index (χ0) is 10.9. The monoisotopic (exact) mass is 211 g/mol. The molecule has 86 valence electrons. The summed E-state index contributed by atoms with van der Waals surface area (Å²) < 4.78 is 0. The van der Waals surface area contributed by atoms with Crippen molar-refractivity contribution >= 4 is 5.97 Å². The fourth-order valence-electron chi connectivity index (χ4n) is 2.95. The minimum absolute atomic E-state index is 0.0337. The summed E-state index contributed by atoms with van der Waals surface area (Å²) in [6.07, 6.45) is 6.21. The van der Waals surface area contributed by atoms with Gasteiger partial charge in [-0.2, -0.15) is 0 Å². The number of piperidine rings is 1. The Hall–Kier alpha value is -0.570. The van der Waals surface area contributed by atoms with E-state index < -0.39 is 5.97 Å². The molecule has 0 atom stereocenters. The van der Waals surface area contributed by atoms with Crippen LogP contribution in [0.25, 0.3) is 0 Å². The number of likely N-dealkylation sites (tertiary alicyclic amines) is 1. The van der Waals surface area contributed by atoms with Crippen molar-refractivity contribution in [2.75, 3.05) is 13.1 Å². The molecule has 1 saturated heterocycles. The molecule has 0 aromatic carbocycles. The van der Waals surface area contributed by atoms with E-state index in [2.05, 4.69) is 11.8 Å². The fraction of sp³-hybridized carbons (Fsp3) is 0.917. The van der Waals surface area contributed by atoms with Gasteiger partial charge in [0.05, 0.1) is 6.42 Å². The molecule has 0 aromatic rings. The van der Waals surface area contributed by atoms with Crippen LogP contribution in [-0.4, -0.2) is 34.6 Å². The normalized spacial score (nSPS) is 27.3. The summed E-state index contributed by atoms with van der Waals surface area (Å²) in [5.74, 6) is 0.191. The lowest BCUT2D eigenvalue weighted by atomic mass is 9.72. The summed E-state index contributed by atoms with van der Waals surface area (Å²) >= 11 is 0. The SMILES string of the molecule is CC1CCN(C2(CC(=O)O)CCC2)CC1. The van der Waals surface area contributed by atoms with Crippen LogP contribution in [-0.2, 0) is 4.79 Å². The Morgan fingerprint density at radius 2 is 2.00 bits per heavy atom. The molecule has 1 aliphatic carbocycles. The van der Waals surface area contributed by atoms with Gasteiger partial charge >= 0.3 is 5.97 Å². The minimum Gasteiger partial charge on any atom is -0.481 e. The van der Waals surface area contributed by atoms with Crippen molar-refractivity contribution in [2.24, 2.45) is 5.92 Å². The van der Waals surface area contributed by atoms with Gasteiger partial charge in [0.1, 0.15) is 0 Å². The zero-order valence-electron chi connectivity index (χ0n) is 9.54. The van der Waals surface area contributed by atoms with Gasteiger partial charge in [-0.05, 0) is 51.1 Å². The molecular formula is C12H21NO2. The molecule has 2 fully saturated rings. The third-order valence-electron chi connectivity index (χ3n) is 4.22. The van der Waals surface area contributed by atoms with Crippen molar-refractivity contribution in [1.29, 1.82) is 0 Å². The van der Waals surface area contributed by atoms with Crippen LogP contribution in [0.2, 0.25) is 0 Å². The average molecular weight is 211 g/mol. The van der Waals surface area contributed by atoms with E-state index in [1.165, 1.54) is 19.3 Å². The number of rotatable bonds is 3. The smallest absolute Gasteiger partial charge is 0.305 e. The highest BCUT2D eigenvalue weighted by Crippen LogP contribution is 2.42. The van der Waals surface area contributed by atoms with Crippen LogP contribution in [0.5, 0.6) is 0 Å². The van der Waals surface area contributed by atoms with E-state index in [1.807, 2.05) is 0 Å². The maximum absolute atomic E-state index is 10.9. The maximum Gasteiger partial charge on any atom is 0.305 e. The quantitative estimate of drug-likeness (QED) is 0.777. The van der Waals surface area contributed by atoms with Crippen molar-refractivity contribution < 1.29 is 9.90 Å². The van der Waals surface area contributed by atoms with Crippen molar-refractivity contribution in [3.05, 3.63) is 0 Å². The average Bonchev–Trinajstić information content (AvgIpc) is 2.13. The maximum atomic E-state index is 10.9. The molecule has 0 unspecified atom stereocenters. The van der Waals surface area contributed by atoms with Gasteiger partial charge in [0.25, 0.3) is 0 Å². The second kappa shape index (κ2) is 4.12. The topological polar surface area (TPSA) is 40.5 Å². The van der Waals surface area contributed by atoms with Gasteiger partial charge in [0, 0.05) is 5.54 Å². The van der Waals surface area contributed by atoms with E-state index >= 15 is 0 Å². The molecule has 1 heterocycles. The third-order valence-corrected chi connectivity index (χ3v) is 4.22. The number of hydrogen-bond acceptors (Lipinski definition) is 2. The largest absolute Gasteiger partial charge is 0.481 e. The first-order valence-corrected chi connectivity index (χ1v) is 6.09. The first-order chi connectivity index (χ1) is 7.12. The van der Waals surface area contributed by atoms with Gasteiger partial charge in [-0.15, -0.1) is 0 Å². The van der Waals surface area contributed by atoms with E-state index in [-0.39, 0.29) is 5.54 Å². The van der Waals surface area contributed by atoms with Gasteiger partial charge in [-0.1, -0.05) is 6.92 Å². The van der Waals surface area contributed by atoms with E-state index in [0.717, 1.165) is 31.8 Å². The summed E-state index contributed by atoms with van der Waals surface area (Å²) in [6, 6.07) is 0. The Morgan fingerprint density at radius 3 is 2.40 bits per heavy atom. The Kier molecular flexibility index (Phi) is 3.01. The van der Waals surface area contributed by atoms with Gasteiger partial charge < -0.3 is 5.11 Å². The Bertz CT molecular complexity index is 240. The molecule has 0 aromatic heterocycles. The van der Waals surface area contributed by atoms with Gasteiger partial charge in [0.15, 0.2) is 0 Å². The van der Waals surface area contributed by atoms with Crippen LogP contribution in [0.1, 0.15) is 45.4 Å².